The van der Waals surface area contributed by atoms with Crippen LogP contribution < -0.4 is 9.44 Å². The molecule has 0 saturated heterocycles. The highest BCUT2D eigenvalue weighted by molar-refractivity contribution is 7.90. The maximum Gasteiger partial charge on any atom is 0.337 e. The fourth-order valence-corrected chi connectivity index (χ4v) is 8.44. The Bertz CT molecular complexity index is 830. The molecule has 0 rings (SSSR count). The third-order valence-corrected chi connectivity index (χ3v) is 11.7. The van der Waals surface area contributed by atoms with Crippen LogP contribution in [0.4, 0.5) is 0 Å². The fraction of sp³-hybridized carbons (Fsp3) is 0.972. The summed E-state index contributed by atoms with van der Waals surface area (Å²) in [5.74, 6) is -1.98. The van der Waals surface area contributed by atoms with Gasteiger partial charge in [0.1, 0.15) is 0 Å². The van der Waals surface area contributed by atoms with Crippen molar-refractivity contribution >= 4 is 26.0 Å². The van der Waals surface area contributed by atoms with E-state index in [4.69, 9.17) is 0 Å². The molecule has 0 saturated carbocycles. The number of rotatable bonds is 37. The molecule has 0 spiro atoms. The summed E-state index contributed by atoms with van der Waals surface area (Å²) in [4.78, 5) is 11.6. The smallest absolute Gasteiger partial charge is 0.337 e. The van der Waals surface area contributed by atoms with Crippen LogP contribution >= 0.6 is 0 Å². The standard InChI is InChI=1S/C36H74N2O6S2/c1-3-5-7-9-11-13-15-17-19-21-23-25-27-29-31-33-45(41,42)37-35(36(39)40)38-46(43,44)34-32-30-28-26-24-22-20-18-16-14-12-10-8-6-4-2/h35,37-38H,3-34H2,1-2H3,(H,39,40). The molecule has 0 aromatic heterocycles. The van der Waals surface area contributed by atoms with Crippen molar-refractivity contribution in [3.05, 3.63) is 0 Å². The Labute approximate surface area is 285 Å². The van der Waals surface area contributed by atoms with E-state index >= 15 is 0 Å². The summed E-state index contributed by atoms with van der Waals surface area (Å²) in [6.07, 6.45) is 33.2. The first-order valence-corrected chi connectivity index (χ1v) is 22.7. The topological polar surface area (TPSA) is 130 Å². The van der Waals surface area contributed by atoms with E-state index in [-0.39, 0.29) is 11.5 Å². The van der Waals surface area contributed by atoms with Gasteiger partial charge in [0.15, 0.2) is 6.17 Å². The normalized spacial score (nSPS) is 12.3. The number of nitrogens with one attached hydrogen (secondary N) is 2. The number of aliphatic carboxylic acids is 1. The van der Waals surface area contributed by atoms with Gasteiger partial charge in [-0.25, -0.2) is 21.6 Å². The molecule has 46 heavy (non-hydrogen) atoms. The minimum absolute atomic E-state index is 0.212. The van der Waals surface area contributed by atoms with E-state index in [1.807, 2.05) is 9.44 Å². The van der Waals surface area contributed by atoms with Gasteiger partial charge in [0.2, 0.25) is 20.0 Å². The van der Waals surface area contributed by atoms with Crippen LogP contribution in [0.15, 0.2) is 0 Å². The van der Waals surface area contributed by atoms with Crippen LogP contribution in [0.5, 0.6) is 0 Å². The van der Waals surface area contributed by atoms with Crippen LogP contribution in [0.25, 0.3) is 0 Å². The second kappa shape index (κ2) is 31.6. The largest absolute Gasteiger partial charge is 0.479 e. The SMILES string of the molecule is CCCCCCCCCCCCCCCCCS(=O)(=O)NC(NS(=O)(=O)CCCCCCCCCCCCCCCCC)C(=O)O. The zero-order valence-corrected chi connectivity index (χ0v) is 31.6. The predicted molar refractivity (Wildman–Crippen MR) is 195 cm³/mol. The molecule has 0 aromatic rings. The molecule has 0 heterocycles. The summed E-state index contributed by atoms with van der Waals surface area (Å²) in [5, 5.41) is 9.45. The first kappa shape index (κ1) is 45.3. The number of sulfonamides is 2. The van der Waals surface area contributed by atoms with Crippen molar-refractivity contribution in [1.82, 2.24) is 9.44 Å². The molecule has 10 heteroatoms. The molecular formula is C36H74N2O6S2. The van der Waals surface area contributed by atoms with Crippen molar-refractivity contribution in [2.24, 2.45) is 0 Å². The summed E-state index contributed by atoms with van der Waals surface area (Å²) in [6, 6.07) is 0. The Hall–Kier alpha value is -0.710. The average Bonchev–Trinajstić information content (AvgIpc) is 3.00. The maximum atomic E-state index is 12.5. The summed E-state index contributed by atoms with van der Waals surface area (Å²) >= 11 is 0. The molecule has 0 amide bonds. The van der Waals surface area contributed by atoms with E-state index in [1.54, 1.807) is 0 Å². The van der Waals surface area contributed by atoms with Crippen LogP contribution in [-0.2, 0) is 24.8 Å². The number of hydrogen-bond acceptors (Lipinski definition) is 5. The molecule has 0 radical (unpaired) electrons. The van der Waals surface area contributed by atoms with Crippen LogP contribution in [0, 0.1) is 0 Å². The van der Waals surface area contributed by atoms with E-state index < -0.39 is 32.2 Å². The molecule has 3 N–H and O–H groups in total. The summed E-state index contributed by atoms with van der Waals surface area (Å²) in [6.45, 7) is 4.49. The van der Waals surface area contributed by atoms with E-state index in [1.165, 1.54) is 128 Å². The van der Waals surface area contributed by atoms with Gasteiger partial charge in [-0.2, -0.15) is 9.44 Å². The second-order valence-corrected chi connectivity index (χ2v) is 17.3. The highest BCUT2D eigenvalue weighted by Gasteiger charge is 2.28. The molecule has 0 atom stereocenters. The molecule has 0 aliphatic heterocycles. The molecule has 0 aliphatic carbocycles. The van der Waals surface area contributed by atoms with Crippen molar-refractivity contribution in [1.29, 1.82) is 0 Å². The van der Waals surface area contributed by atoms with E-state index in [0.29, 0.717) is 12.8 Å². The van der Waals surface area contributed by atoms with Gasteiger partial charge in [0.25, 0.3) is 0 Å². The van der Waals surface area contributed by atoms with Gasteiger partial charge in [-0.15, -0.1) is 0 Å². The first-order chi connectivity index (χ1) is 22.1. The Kier molecular flexibility index (Phi) is 31.1. The highest BCUT2D eigenvalue weighted by Crippen LogP contribution is 2.15. The fourth-order valence-electron chi connectivity index (χ4n) is 5.93. The van der Waals surface area contributed by atoms with Crippen LogP contribution in [0.3, 0.4) is 0 Å². The number of carboxylic acids is 1. The Balaban J connectivity index is 3.91. The van der Waals surface area contributed by atoms with Gasteiger partial charge < -0.3 is 5.11 Å². The molecule has 0 bridgehead atoms. The number of hydrogen-bond donors (Lipinski definition) is 3. The molecular weight excluding hydrogens is 621 g/mol. The van der Waals surface area contributed by atoms with Crippen molar-refractivity contribution in [3.8, 4) is 0 Å². The van der Waals surface area contributed by atoms with E-state index in [2.05, 4.69) is 13.8 Å². The minimum Gasteiger partial charge on any atom is -0.479 e. The summed E-state index contributed by atoms with van der Waals surface area (Å²) < 4.78 is 53.9. The first-order valence-electron chi connectivity index (χ1n) is 19.4. The Morgan fingerprint density at radius 3 is 0.804 bits per heavy atom. The average molecular weight is 695 g/mol. The zero-order chi connectivity index (χ0) is 34.2. The lowest BCUT2D eigenvalue weighted by Crippen LogP contribution is -2.53. The van der Waals surface area contributed by atoms with Crippen LogP contribution in [0.1, 0.15) is 206 Å². The molecule has 276 valence electrons. The van der Waals surface area contributed by atoms with Crippen LogP contribution in [0.2, 0.25) is 0 Å². The molecule has 0 aliphatic rings. The quantitative estimate of drug-likeness (QED) is 0.0438. The van der Waals surface area contributed by atoms with Gasteiger partial charge in [0, 0.05) is 0 Å². The number of carbonyl (C=O) groups is 1. The Morgan fingerprint density at radius 1 is 0.413 bits per heavy atom. The molecule has 8 nitrogen and oxygen atoms in total. The van der Waals surface area contributed by atoms with Gasteiger partial charge in [-0.1, -0.05) is 194 Å². The Morgan fingerprint density at radius 2 is 0.609 bits per heavy atom. The lowest BCUT2D eigenvalue weighted by molar-refractivity contribution is -0.139. The summed E-state index contributed by atoms with van der Waals surface area (Å²) in [5.41, 5.74) is 0. The molecule has 0 aromatic carbocycles. The van der Waals surface area contributed by atoms with Crippen LogP contribution in [-0.4, -0.2) is 45.6 Å². The van der Waals surface area contributed by atoms with Crippen molar-refractivity contribution in [3.63, 3.8) is 0 Å². The van der Waals surface area contributed by atoms with Gasteiger partial charge in [-0.05, 0) is 12.8 Å². The van der Waals surface area contributed by atoms with Crippen molar-refractivity contribution in [2.75, 3.05) is 11.5 Å². The second-order valence-electron chi connectivity index (χ2n) is 13.5. The molecule has 0 unspecified atom stereocenters. The van der Waals surface area contributed by atoms with Crippen molar-refractivity contribution in [2.45, 2.75) is 213 Å². The van der Waals surface area contributed by atoms with E-state index in [9.17, 15) is 26.7 Å². The van der Waals surface area contributed by atoms with Gasteiger partial charge in [0.05, 0.1) is 11.5 Å². The zero-order valence-electron chi connectivity index (χ0n) is 30.0. The molecule has 0 fully saturated rings. The maximum absolute atomic E-state index is 12.5. The van der Waals surface area contributed by atoms with Crippen molar-refractivity contribution < 1.29 is 26.7 Å². The summed E-state index contributed by atoms with van der Waals surface area (Å²) in [7, 11) is -7.85. The van der Waals surface area contributed by atoms with Gasteiger partial charge >= 0.3 is 5.97 Å². The highest BCUT2D eigenvalue weighted by atomic mass is 32.2. The van der Waals surface area contributed by atoms with E-state index in [0.717, 1.165) is 51.4 Å². The third kappa shape index (κ3) is 31.9. The lowest BCUT2D eigenvalue weighted by atomic mass is 10.0. The third-order valence-electron chi connectivity index (χ3n) is 8.88. The predicted octanol–water partition coefficient (Wildman–Crippen LogP) is 9.98. The lowest BCUT2D eigenvalue weighted by Gasteiger charge is -2.16. The number of carboxylic acid groups (broad SMARTS) is 1. The minimum atomic E-state index is -3.92. The monoisotopic (exact) mass is 694 g/mol. The van der Waals surface area contributed by atoms with Gasteiger partial charge in [-0.3, -0.25) is 0 Å². The number of unbranched alkanes of at least 4 members (excludes halogenated alkanes) is 28.